The average molecular weight is 255 g/mol. The van der Waals surface area contributed by atoms with Crippen LogP contribution in [0.25, 0.3) is 0 Å². The highest BCUT2D eigenvalue weighted by atomic mass is 16.5. The number of carbonyl (C=O) groups excluding carboxylic acids is 1. The lowest BCUT2D eigenvalue weighted by Crippen LogP contribution is -2.59. The predicted molar refractivity (Wildman–Crippen MR) is 70.7 cm³/mol. The number of nitrogens with one attached hydrogen (secondary N) is 1. The van der Waals surface area contributed by atoms with Crippen LogP contribution in [0.5, 0.6) is 0 Å². The van der Waals surface area contributed by atoms with E-state index >= 15 is 0 Å². The molecule has 1 atom stereocenters. The molecule has 1 saturated carbocycles. The first-order chi connectivity index (χ1) is 8.53. The van der Waals surface area contributed by atoms with Crippen molar-refractivity contribution in [1.82, 2.24) is 15.1 Å². The van der Waals surface area contributed by atoms with Crippen LogP contribution in [0, 0.1) is 0 Å². The first kappa shape index (κ1) is 13.6. The van der Waals surface area contributed by atoms with Crippen LogP contribution in [0.3, 0.4) is 0 Å². The van der Waals surface area contributed by atoms with Gasteiger partial charge in [-0.2, -0.15) is 0 Å². The third-order valence-electron chi connectivity index (χ3n) is 4.37. The number of likely N-dealkylation sites (N-methyl/N-ethyl adjacent to an activating group) is 2. The molecule has 0 aromatic heterocycles. The smallest absolute Gasteiger partial charge is 0.317 e. The summed E-state index contributed by atoms with van der Waals surface area (Å²) in [4.78, 5) is 16.2. The fourth-order valence-electron chi connectivity index (χ4n) is 2.78. The highest BCUT2D eigenvalue weighted by Gasteiger charge is 2.40. The third-order valence-corrected chi connectivity index (χ3v) is 4.37. The van der Waals surface area contributed by atoms with E-state index in [0.29, 0.717) is 6.61 Å². The van der Waals surface area contributed by atoms with Gasteiger partial charge in [0.15, 0.2) is 0 Å². The van der Waals surface area contributed by atoms with Crippen molar-refractivity contribution in [3.05, 3.63) is 0 Å². The van der Waals surface area contributed by atoms with E-state index in [1.165, 1.54) is 19.3 Å². The Kier molecular flexibility index (Phi) is 4.12. The standard InChI is InChI=1S/C13H25N3O2/c1-15(2)13(6-4-7-13)10-16(3)12(17)14-11-5-8-18-9-11/h11H,4-10H2,1-3H3,(H,14,17). The Hall–Kier alpha value is -0.810. The van der Waals surface area contributed by atoms with Gasteiger partial charge in [0.1, 0.15) is 0 Å². The van der Waals surface area contributed by atoms with Gasteiger partial charge in [0, 0.05) is 25.7 Å². The number of nitrogens with zero attached hydrogens (tertiary/aromatic N) is 2. The molecule has 2 aliphatic rings. The van der Waals surface area contributed by atoms with Crippen molar-refractivity contribution in [2.24, 2.45) is 0 Å². The largest absolute Gasteiger partial charge is 0.379 e. The van der Waals surface area contributed by atoms with Crippen molar-refractivity contribution in [3.8, 4) is 0 Å². The molecule has 0 radical (unpaired) electrons. The molecule has 1 unspecified atom stereocenters. The maximum atomic E-state index is 12.1. The predicted octanol–water partition coefficient (Wildman–Crippen LogP) is 0.901. The van der Waals surface area contributed by atoms with Gasteiger partial charge in [-0.25, -0.2) is 4.79 Å². The normalized spacial score (nSPS) is 25.9. The molecule has 2 rings (SSSR count). The lowest BCUT2D eigenvalue weighted by molar-refractivity contribution is 0.0360. The highest BCUT2D eigenvalue weighted by molar-refractivity contribution is 5.74. The summed E-state index contributed by atoms with van der Waals surface area (Å²) in [6, 6.07) is 0.218. The first-order valence-electron chi connectivity index (χ1n) is 6.80. The second-order valence-electron chi connectivity index (χ2n) is 5.84. The summed E-state index contributed by atoms with van der Waals surface area (Å²) in [5.74, 6) is 0. The molecule has 0 aromatic rings. The van der Waals surface area contributed by atoms with E-state index in [2.05, 4.69) is 24.3 Å². The van der Waals surface area contributed by atoms with Crippen molar-refractivity contribution in [1.29, 1.82) is 0 Å². The zero-order valence-electron chi connectivity index (χ0n) is 11.7. The number of carbonyl (C=O) groups is 1. The molecule has 5 heteroatoms. The Bertz CT molecular complexity index is 297. The van der Waals surface area contributed by atoms with Gasteiger partial charge >= 0.3 is 6.03 Å². The van der Waals surface area contributed by atoms with E-state index in [1.54, 1.807) is 0 Å². The Labute approximate surface area is 109 Å². The number of amides is 2. The molecule has 1 aliphatic carbocycles. The number of rotatable bonds is 4. The van der Waals surface area contributed by atoms with Gasteiger partial charge in [0.2, 0.25) is 0 Å². The number of ether oxygens (including phenoxy) is 1. The van der Waals surface area contributed by atoms with Gasteiger partial charge in [-0.1, -0.05) is 0 Å². The zero-order valence-corrected chi connectivity index (χ0v) is 11.7. The van der Waals surface area contributed by atoms with E-state index in [-0.39, 0.29) is 17.6 Å². The molecule has 1 heterocycles. The molecule has 1 saturated heterocycles. The second-order valence-corrected chi connectivity index (χ2v) is 5.84. The summed E-state index contributed by atoms with van der Waals surface area (Å²) in [5.41, 5.74) is 0.193. The number of hydrogen-bond acceptors (Lipinski definition) is 3. The average Bonchev–Trinajstić information content (AvgIpc) is 2.75. The monoisotopic (exact) mass is 255 g/mol. The van der Waals surface area contributed by atoms with Crippen molar-refractivity contribution >= 4 is 6.03 Å². The van der Waals surface area contributed by atoms with E-state index in [4.69, 9.17) is 4.74 Å². The SMILES string of the molecule is CN(CC1(N(C)C)CCC1)C(=O)NC1CCOC1. The molecule has 5 nitrogen and oxygen atoms in total. The number of hydrogen-bond donors (Lipinski definition) is 1. The molecule has 2 fully saturated rings. The minimum absolute atomic E-state index is 0.0265. The molecule has 1 aliphatic heterocycles. The summed E-state index contributed by atoms with van der Waals surface area (Å²) >= 11 is 0. The fourth-order valence-corrected chi connectivity index (χ4v) is 2.78. The molecule has 18 heavy (non-hydrogen) atoms. The Morgan fingerprint density at radius 1 is 1.39 bits per heavy atom. The van der Waals surface area contributed by atoms with Gasteiger partial charge in [-0.05, 0) is 39.8 Å². The summed E-state index contributed by atoms with van der Waals surface area (Å²) < 4.78 is 5.27. The quantitative estimate of drug-likeness (QED) is 0.812. The lowest BCUT2D eigenvalue weighted by Gasteiger charge is -2.49. The van der Waals surface area contributed by atoms with E-state index < -0.39 is 0 Å². The van der Waals surface area contributed by atoms with Crippen LogP contribution in [-0.2, 0) is 4.74 Å². The number of urea groups is 1. The van der Waals surface area contributed by atoms with Crippen LogP contribution in [0.2, 0.25) is 0 Å². The van der Waals surface area contributed by atoms with E-state index in [0.717, 1.165) is 19.6 Å². The van der Waals surface area contributed by atoms with Gasteiger partial charge < -0.3 is 19.9 Å². The molecule has 0 aromatic carbocycles. The van der Waals surface area contributed by atoms with Gasteiger partial charge in [0.25, 0.3) is 0 Å². The molecule has 0 spiro atoms. The Morgan fingerprint density at radius 3 is 2.56 bits per heavy atom. The second kappa shape index (κ2) is 5.45. The molecule has 104 valence electrons. The highest BCUT2D eigenvalue weighted by Crippen LogP contribution is 2.36. The van der Waals surface area contributed by atoms with Crippen LogP contribution in [0.4, 0.5) is 4.79 Å². The van der Waals surface area contributed by atoms with Crippen molar-refractivity contribution in [2.45, 2.75) is 37.3 Å². The molecule has 0 bridgehead atoms. The van der Waals surface area contributed by atoms with Crippen LogP contribution < -0.4 is 5.32 Å². The van der Waals surface area contributed by atoms with Crippen LogP contribution in [-0.4, -0.2) is 68.3 Å². The zero-order chi connectivity index (χ0) is 13.2. The maximum Gasteiger partial charge on any atom is 0.317 e. The minimum atomic E-state index is 0.0265. The van der Waals surface area contributed by atoms with E-state index in [1.807, 2.05) is 11.9 Å². The van der Waals surface area contributed by atoms with Gasteiger partial charge in [-0.15, -0.1) is 0 Å². The maximum absolute atomic E-state index is 12.1. The fraction of sp³-hybridized carbons (Fsp3) is 0.923. The van der Waals surface area contributed by atoms with Gasteiger partial charge in [0.05, 0.1) is 12.6 Å². The molecule has 2 amide bonds. The van der Waals surface area contributed by atoms with Crippen LogP contribution in [0.15, 0.2) is 0 Å². The van der Waals surface area contributed by atoms with E-state index in [9.17, 15) is 4.79 Å². The molecular weight excluding hydrogens is 230 g/mol. The van der Waals surface area contributed by atoms with Crippen LogP contribution >= 0.6 is 0 Å². The summed E-state index contributed by atoms with van der Waals surface area (Å²) in [7, 11) is 6.10. The third kappa shape index (κ3) is 2.78. The van der Waals surface area contributed by atoms with Gasteiger partial charge in [-0.3, -0.25) is 0 Å². The first-order valence-corrected chi connectivity index (χ1v) is 6.80. The minimum Gasteiger partial charge on any atom is -0.379 e. The van der Waals surface area contributed by atoms with Crippen molar-refractivity contribution in [2.75, 3.05) is 40.9 Å². The van der Waals surface area contributed by atoms with Crippen molar-refractivity contribution < 1.29 is 9.53 Å². The Morgan fingerprint density at radius 2 is 2.11 bits per heavy atom. The summed E-state index contributed by atoms with van der Waals surface area (Å²) in [6.07, 6.45) is 4.57. The topological polar surface area (TPSA) is 44.8 Å². The summed E-state index contributed by atoms with van der Waals surface area (Å²) in [6.45, 7) is 2.22. The van der Waals surface area contributed by atoms with Crippen molar-refractivity contribution in [3.63, 3.8) is 0 Å². The Balaban J connectivity index is 1.82. The van der Waals surface area contributed by atoms with Crippen LogP contribution in [0.1, 0.15) is 25.7 Å². The summed E-state index contributed by atoms with van der Waals surface area (Å²) in [5, 5.41) is 3.03. The molecular formula is C13H25N3O2. The molecule has 1 N–H and O–H groups in total. The lowest BCUT2D eigenvalue weighted by atomic mass is 9.75.